The normalized spacial score (nSPS) is 27.6. The van der Waals surface area contributed by atoms with Gasteiger partial charge in [0.1, 0.15) is 5.82 Å². The molecule has 2 fully saturated rings. The Hall–Kier alpha value is -1.47. The molecular formula is C15H19FN2O3S. The fourth-order valence-electron chi connectivity index (χ4n) is 3.01. The number of carbonyl (C=O) groups is 1. The molecule has 0 saturated carbocycles. The molecule has 7 heteroatoms. The van der Waals surface area contributed by atoms with Gasteiger partial charge >= 0.3 is 6.03 Å². The number of hydrogen-bond acceptors (Lipinski definition) is 3. The third kappa shape index (κ3) is 3.47. The van der Waals surface area contributed by atoms with Crippen LogP contribution in [0.1, 0.15) is 19.3 Å². The van der Waals surface area contributed by atoms with Gasteiger partial charge in [-0.1, -0.05) is 12.1 Å². The van der Waals surface area contributed by atoms with Crippen LogP contribution in [-0.2, 0) is 15.5 Å². The van der Waals surface area contributed by atoms with Crippen LogP contribution < -0.4 is 10.6 Å². The van der Waals surface area contributed by atoms with Crippen molar-refractivity contribution in [2.45, 2.75) is 42.4 Å². The van der Waals surface area contributed by atoms with E-state index in [1.54, 1.807) is 12.1 Å². The van der Waals surface area contributed by atoms with Crippen molar-refractivity contribution < 1.29 is 18.1 Å². The van der Waals surface area contributed by atoms with E-state index in [0.717, 1.165) is 19.3 Å². The Kier molecular flexibility index (Phi) is 4.73. The largest absolute Gasteiger partial charge is 0.373 e. The molecule has 1 aromatic carbocycles. The number of urea groups is 1. The molecule has 2 aliphatic heterocycles. The predicted octanol–water partition coefficient (Wildman–Crippen LogP) is 1.55. The number of benzene rings is 1. The number of carbonyl (C=O) groups excluding carboxylic acids is 1. The van der Waals surface area contributed by atoms with Gasteiger partial charge in [-0.15, -0.1) is 0 Å². The van der Waals surface area contributed by atoms with Crippen LogP contribution in [0, 0.1) is 5.82 Å². The molecule has 2 amide bonds. The van der Waals surface area contributed by atoms with Crippen molar-refractivity contribution in [3.05, 3.63) is 30.1 Å². The topological polar surface area (TPSA) is 67.4 Å². The third-order valence-electron chi connectivity index (χ3n) is 4.08. The standard InChI is InChI=1S/C15H19FN2O3S/c16-11-3-1-2-4-14(11)22(20)8-7-17-15(19)18-12-9-10-5-6-13(12)21-10/h1-4,10,12-13H,5-9H2,(H2,17,18,19)/t10-,12-,13-,22-/m1/s1. The minimum atomic E-state index is -1.46. The van der Waals surface area contributed by atoms with Gasteiger partial charge in [0.2, 0.25) is 0 Å². The van der Waals surface area contributed by atoms with Crippen LogP contribution in [0.2, 0.25) is 0 Å². The third-order valence-corrected chi connectivity index (χ3v) is 5.47. The Morgan fingerprint density at radius 1 is 1.36 bits per heavy atom. The minimum absolute atomic E-state index is 0.0656. The van der Waals surface area contributed by atoms with Crippen molar-refractivity contribution in [3.63, 3.8) is 0 Å². The molecule has 2 heterocycles. The summed E-state index contributed by atoms with van der Waals surface area (Å²) in [5.74, 6) is -0.300. The van der Waals surface area contributed by atoms with E-state index in [2.05, 4.69) is 10.6 Å². The Morgan fingerprint density at radius 2 is 2.18 bits per heavy atom. The molecule has 0 aliphatic carbocycles. The average molecular weight is 326 g/mol. The second-order valence-corrected chi connectivity index (χ2v) is 7.14. The highest BCUT2D eigenvalue weighted by molar-refractivity contribution is 7.85. The lowest BCUT2D eigenvalue weighted by molar-refractivity contribution is 0.0981. The highest BCUT2D eigenvalue weighted by Gasteiger charge is 2.41. The second kappa shape index (κ2) is 6.75. The zero-order valence-corrected chi connectivity index (χ0v) is 12.9. The van der Waals surface area contributed by atoms with E-state index in [-0.39, 0.29) is 41.5 Å². The van der Waals surface area contributed by atoms with E-state index in [1.165, 1.54) is 12.1 Å². The van der Waals surface area contributed by atoms with Crippen LogP contribution >= 0.6 is 0 Å². The number of nitrogens with one attached hydrogen (secondary N) is 2. The maximum Gasteiger partial charge on any atom is 0.315 e. The van der Waals surface area contributed by atoms with E-state index in [9.17, 15) is 13.4 Å². The first-order chi connectivity index (χ1) is 10.6. The molecule has 2 aliphatic rings. The van der Waals surface area contributed by atoms with Gasteiger partial charge in [0.15, 0.2) is 0 Å². The molecule has 2 saturated heterocycles. The first kappa shape index (κ1) is 15.4. The van der Waals surface area contributed by atoms with E-state index in [0.29, 0.717) is 0 Å². The Balaban J connectivity index is 1.40. The van der Waals surface area contributed by atoms with Gasteiger partial charge in [0.05, 0.1) is 33.9 Å². The molecule has 0 unspecified atom stereocenters. The van der Waals surface area contributed by atoms with E-state index in [1.807, 2.05) is 0 Å². The summed E-state index contributed by atoms with van der Waals surface area (Å²) in [6.45, 7) is 0.231. The molecule has 2 bridgehead atoms. The fourth-order valence-corrected chi connectivity index (χ4v) is 4.03. The summed E-state index contributed by atoms with van der Waals surface area (Å²) in [5.41, 5.74) is 0. The minimum Gasteiger partial charge on any atom is -0.373 e. The van der Waals surface area contributed by atoms with Crippen molar-refractivity contribution in [1.29, 1.82) is 0 Å². The number of halogens is 1. The summed E-state index contributed by atoms with van der Waals surface area (Å²) in [6, 6.07) is 5.76. The molecule has 0 spiro atoms. The molecule has 0 radical (unpaired) electrons. The smallest absolute Gasteiger partial charge is 0.315 e. The zero-order valence-electron chi connectivity index (χ0n) is 12.1. The first-order valence-corrected chi connectivity index (χ1v) is 8.78. The van der Waals surface area contributed by atoms with Crippen LogP contribution in [0.25, 0.3) is 0 Å². The van der Waals surface area contributed by atoms with Crippen LogP contribution in [-0.4, -0.2) is 40.8 Å². The molecule has 2 N–H and O–H groups in total. The van der Waals surface area contributed by atoms with Crippen LogP contribution in [0.5, 0.6) is 0 Å². The predicted molar refractivity (Wildman–Crippen MR) is 80.5 cm³/mol. The van der Waals surface area contributed by atoms with Gasteiger partial charge in [-0.25, -0.2) is 9.18 Å². The van der Waals surface area contributed by atoms with Gasteiger partial charge in [-0.2, -0.15) is 0 Å². The number of amides is 2. The molecule has 1 aromatic rings. The van der Waals surface area contributed by atoms with E-state index in [4.69, 9.17) is 4.74 Å². The van der Waals surface area contributed by atoms with Crippen molar-refractivity contribution in [2.75, 3.05) is 12.3 Å². The van der Waals surface area contributed by atoms with Crippen LogP contribution in [0.3, 0.4) is 0 Å². The van der Waals surface area contributed by atoms with Crippen molar-refractivity contribution in [3.8, 4) is 0 Å². The summed E-state index contributed by atoms with van der Waals surface area (Å²) in [5, 5.41) is 5.56. The molecule has 22 heavy (non-hydrogen) atoms. The summed E-state index contributed by atoms with van der Waals surface area (Å²) < 4.78 is 31.1. The first-order valence-electron chi connectivity index (χ1n) is 7.46. The molecule has 4 atom stereocenters. The lowest BCUT2D eigenvalue weighted by atomic mass is 9.96. The average Bonchev–Trinajstić information content (AvgIpc) is 3.10. The van der Waals surface area contributed by atoms with Crippen molar-refractivity contribution in [1.82, 2.24) is 10.6 Å². The van der Waals surface area contributed by atoms with Gasteiger partial charge in [-0.3, -0.25) is 4.21 Å². The molecule has 5 nitrogen and oxygen atoms in total. The summed E-state index contributed by atoms with van der Waals surface area (Å²) in [6.07, 6.45) is 3.34. The molecule has 0 aromatic heterocycles. The van der Waals surface area contributed by atoms with E-state index >= 15 is 0 Å². The molecule has 120 valence electrons. The monoisotopic (exact) mass is 326 g/mol. The quantitative estimate of drug-likeness (QED) is 0.863. The highest BCUT2D eigenvalue weighted by atomic mass is 32.2. The summed E-state index contributed by atoms with van der Waals surface area (Å²) >= 11 is 0. The Morgan fingerprint density at radius 3 is 2.86 bits per heavy atom. The second-order valence-electron chi connectivity index (χ2n) is 5.60. The summed E-state index contributed by atoms with van der Waals surface area (Å²) in [7, 11) is -1.46. The number of ether oxygens (including phenoxy) is 1. The lowest BCUT2D eigenvalue weighted by Crippen LogP contribution is -2.47. The van der Waals surface area contributed by atoms with Gasteiger partial charge in [0, 0.05) is 12.3 Å². The molecular weight excluding hydrogens is 307 g/mol. The Labute approximate surface area is 131 Å². The number of fused-ring (bicyclic) bond motifs is 2. The van der Waals surface area contributed by atoms with Crippen molar-refractivity contribution >= 4 is 16.8 Å². The zero-order chi connectivity index (χ0) is 15.5. The van der Waals surface area contributed by atoms with Crippen LogP contribution in [0.4, 0.5) is 9.18 Å². The maximum absolute atomic E-state index is 13.5. The maximum atomic E-state index is 13.5. The lowest BCUT2D eigenvalue weighted by Gasteiger charge is -2.20. The van der Waals surface area contributed by atoms with Gasteiger partial charge in [-0.05, 0) is 31.4 Å². The Bertz CT molecular complexity index is 584. The SMILES string of the molecule is O=C(NCC[S@@](=O)c1ccccc1F)N[C@@H]1C[C@H]2CC[C@H]1O2. The number of hydrogen-bond donors (Lipinski definition) is 2. The fraction of sp³-hybridized carbons (Fsp3) is 0.533. The number of rotatable bonds is 5. The highest BCUT2D eigenvalue weighted by Crippen LogP contribution is 2.34. The van der Waals surface area contributed by atoms with E-state index < -0.39 is 16.6 Å². The molecule has 3 rings (SSSR count). The van der Waals surface area contributed by atoms with Gasteiger partial charge in [0.25, 0.3) is 0 Å². The van der Waals surface area contributed by atoms with Gasteiger partial charge < -0.3 is 15.4 Å². The van der Waals surface area contributed by atoms with Crippen molar-refractivity contribution in [2.24, 2.45) is 0 Å². The van der Waals surface area contributed by atoms with Crippen LogP contribution in [0.15, 0.2) is 29.2 Å². The summed E-state index contributed by atoms with van der Waals surface area (Å²) in [4.78, 5) is 12.0.